The van der Waals surface area contributed by atoms with E-state index in [-0.39, 0.29) is 5.56 Å². The third-order valence-electron chi connectivity index (χ3n) is 2.70. The lowest BCUT2D eigenvalue weighted by Crippen LogP contribution is -2.30. The van der Waals surface area contributed by atoms with Crippen molar-refractivity contribution in [1.82, 2.24) is 5.32 Å². The third-order valence-corrected chi connectivity index (χ3v) is 3.34. The van der Waals surface area contributed by atoms with Crippen molar-refractivity contribution in [1.29, 1.82) is 0 Å². The fourth-order valence-corrected chi connectivity index (χ4v) is 2.18. The average molecular weight is 283 g/mol. The van der Waals surface area contributed by atoms with E-state index >= 15 is 0 Å². The predicted molar refractivity (Wildman–Crippen MR) is 79.4 cm³/mol. The Labute approximate surface area is 118 Å². The van der Waals surface area contributed by atoms with E-state index in [0.29, 0.717) is 18.4 Å². The lowest BCUT2D eigenvalue weighted by molar-refractivity contribution is 0.0696. The molecule has 1 unspecified atom stereocenters. The Bertz CT molecular complexity index is 398. The van der Waals surface area contributed by atoms with Gasteiger partial charge >= 0.3 is 5.97 Å². The molecular formula is C14H21NO3S. The van der Waals surface area contributed by atoms with Crippen molar-refractivity contribution in [3.63, 3.8) is 0 Å². The first-order chi connectivity index (χ1) is 9.13. The first-order valence-electron chi connectivity index (χ1n) is 6.32. The van der Waals surface area contributed by atoms with Crippen molar-refractivity contribution in [2.75, 3.05) is 25.2 Å². The third kappa shape index (κ3) is 6.50. The van der Waals surface area contributed by atoms with Gasteiger partial charge in [0.1, 0.15) is 12.4 Å². The van der Waals surface area contributed by atoms with Gasteiger partial charge in [0.05, 0.1) is 5.56 Å². The molecule has 19 heavy (non-hydrogen) atoms. The van der Waals surface area contributed by atoms with E-state index in [1.807, 2.05) is 11.8 Å². The minimum absolute atomic E-state index is 0.249. The molecule has 1 aromatic rings. The standard InChI is InChI=1S/C14H21NO3S/c1-11(6-9-19-2)15-7-8-18-13-5-3-4-12(10-13)14(16)17/h3-5,10-11,15H,6-9H2,1-2H3,(H,16,17). The summed E-state index contributed by atoms with van der Waals surface area (Å²) in [6.45, 7) is 3.45. The van der Waals surface area contributed by atoms with E-state index < -0.39 is 5.97 Å². The van der Waals surface area contributed by atoms with Crippen molar-refractivity contribution < 1.29 is 14.6 Å². The Kier molecular flexibility index (Phi) is 7.36. The van der Waals surface area contributed by atoms with Crippen LogP contribution < -0.4 is 10.1 Å². The van der Waals surface area contributed by atoms with Crippen molar-refractivity contribution in [2.24, 2.45) is 0 Å². The molecule has 0 heterocycles. The van der Waals surface area contributed by atoms with Gasteiger partial charge in [-0.3, -0.25) is 0 Å². The minimum atomic E-state index is -0.936. The van der Waals surface area contributed by atoms with Gasteiger partial charge in [-0.1, -0.05) is 6.07 Å². The summed E-state index contributed by atoms with van der Waals surface area (Å²) in [5.74, 6) is 0.808. The van der Waals surface area contributed by atoms with Crippen LogP contribution in [0, 0.1) is 0 Å². The number of thioether (sulfide) groups is 1. The highest BCUT2D eigenvalue weighted by atomic mass is 32.2. The van der Waals surface area contributed by atoms with Gasteiger partial charge in [-0.2, -0.15) is 11.8 Å². The lowest BCUT2D eigenvalue weighted by Gasteiger charge is -2.13. The SMILES string of the molecule is CSCCC(C)NCCOc1cccc(C(=O)O)c1. The Hall–Kier alpha value is -1.20. The molecule has 0 radical (unpaired) electrons. The quantitative estimate of drug-likeness (QED) is 0.682. The van der Waals surface area contributed by atoms with E-state index in [1.165, 1.54) is 0 Å². The molecule has 0 aromatic heterocycles. The Morgan fingerprint density at radius 3 is 3.00 bits per heavy atom. The zero-order chi connectivity index (χ0) is 14.1. The van der Waals surface area contributed by atoms with Gasteiger partial charge in [-0.15, -0.1) is 0 Å². The van der Waals surface area contributed by atoms with Crippen molar-refractivity contribution in [3.05, 3.63) is 29.8 Å². The number of carboxylic acids is 1. The van der Waals surface area contributed by atoms with Crippen LogP contribution in [-0.4, -0.2) is 42.3 Å². The van der Waals surface area contributed by atoms with Gasteiger partial charge in [-0.05, 0) is 43.6 Å². The molecular weight excluding hydrogens is 262 g/mol. The van der Waals surface area contributed by atoms with Crippen LogP contribution in [-0.2, 0) is 0 Å². The molecule has 1 atom stereocenters. The second-order valence-corrected chi connectivity index (χ2v) is 5.30. The number of hydrogen-bond acceptors (Lipinski definition) is 4. The number of benzene rings is 1. The van der Waals surface area contributed by atoms with Crippen LogP contribution in [0.2, 0.25) is 0 Å². The van der Waals surface area contributed by atoms with Crippen LogP contribution in [0.1, 0.15) is 23.7 Å². The number of hydrogen-bond donors (Lipinski definition) is 2. The summed E-state index contributed by atoms with van der Waals surface area (Å²) in [5, 5.41) is 12.2. The number of carbonyl (C=O) groups is 1. The van der Waals surface area contributed by atoms with Gasteiger partial charge in [0.25, 0.3) is 0 Å². The van der Waals surface area contributed by atoms with Crippen LogP contribution in [0.25, 0.3) is 0 Å². The van der Waals surface area contributed by atoms with E-state index in [0.717, 1.165) is 18.7 Å². The first kappa shape index (κ1) is 15.9. The molecule has 0 aliphatic carbocycles. The molecule has 4 nitrogen and oxygen atoms in total. The first-order valence-corrected chi connectivity index (χ1v) is 7.71. The maximum Gasteiger partial charge on any atom is 0.335 e. The highest BCUT2D eigenvalue weighted by Crippen LogP contribution is 2.12. The monoisotopic (exact) mass is 283 g/mol. The second kappa shape index (κ2) is 8.82. The summed E-state index contributed by atoms with van der Waals surface area (Å²) in [6.07, 6.45) is 3.24. The Morgan fingerprint density at radius 2 is 2.32 bits per heavy atom. The molecule has 106 valence electrons. The van der Waals surface area contributed by atoms with Crippen LogP contribution in [0.4, 0.5) is 0 Å². The van der Waals surface area contributed by atoms with E-state index in [2.05, 4.69) is 18.5 Å². The van der Waals surface area contributed by atoms with Crippen molar-refractivity contribution in [2.45, 2.75) is 19.4 Å². The summed E-state index contributed by atoms with van der Waals surface area (Å²) < 4.78 is 5.52. The molecule has 0 saturated heterocycles. The highest BCUT2D eigenvalue weighted by molar-refractivity contribution is 7.98. The number of nitrogens with one attached hydrogen (secondary N) is 1. The Balaban J connectivity index is 2.25. The summed E-state index contributed by atoms with van der Waals surface area (Å²) in [5.41, 5.74) is 0.249. The summed E-state index contributed by atoms with van der Waals surface area (Å²) in [7, 11) is 0. The molecule has 0 spiro atoms. The molecule has 5 heteroatoms. The molecule has 1 aromatic carbocycles. The molecule has 0 bridgehead atoms. The molecule has 0 aliphatic heterocycles. The van der Waals surface area contributed by atoms with Crippen LogP contribution >= 0.6 is 11.8 Å². The summed E-state index contributed by atoms with van der Waals surface area (Å²) in [4.78, 5) is 10.8. The van der Waals surface area contributed by atoms with Gasteiger partial charge in [-0.25, -0.2) is 4.79 Å². The fraction of sp³-hybridized carbons (Fsp3) is 0.500. The molecule has 1 rings (SSSR count). The zero-order valence-electron chi connectivity index (χ0n) is 11.4. The molecule has 0 saturated carbocycles. The number of rotatable bonds is 9. The highest BCUT2D eigenvalue weighted by Gasteiger charge is 2.04. The van der Waals surface area contributed by atoms with Gasteiger partial charge in [0, 0.05) is 12.6 Å². The maximum absolute atomic E-state index is 10.8. The lowest BCUT2D eigenvalue weighted by atomic mass is 10.2. The van der Waals surface area contributed by atoms with E-state index in [4.69, 9.17) is 9.84 Å². The molecule has 2 N–H and O–H groups in total. The molecule has 0 fully saturated rings. The minimum Gasteiger partial charge on any atom is -0.492 e. The van der Waals surface area contributed by atoms with Crippen LogP contribution in [0.3, 0.4) is 0 Å². The molecule has 0 amide bonds. The fourth-order valence-electron chi connectivity index (χ4n) is 1.59. The Morgan fingerprint density at radius 1 is 1.53 bits per heavy atom. The average Bonchev–Trinajstić information content (AvgIpc) is 2.41. The van der Waals surface area contributed by atoms with E-state index in [9.17, 15) is 4.79 Å². The number of carboxylic acid groups (broad SMARTS) is 1. The van der Waals surface area contributed by atoms with Crippen molar-refractivity contribution >= 4 is 17.7 Å². The smallest absolute Gasteiger partial charge is 0.335 e. The van der Waals surface area contributed by atoms with E-state index in [1.54, 1.807) is 24.3 Å². The number of aromatic carboxylic acids is 1. The predicted octanol–water partition coefficient (Wildman–Crippen LogP) is 2.49. The van der Waals surface area contributed by atoms with Gasteiger partial charge < -0.3 is 15.2 Å². The zero-order valence-corrected chi connectivity index (χ0v) is 12.2. The summed E-state index contributed by atoms with van der Waals surface area (Å²) in [6, 6.07) is 7.02. The number of ether oxygens (including phenoxy) is 1. The summed E-state index contributed by atoms with van der Waals surface area (Å²) >= 11 is 1.84. The van der Waals surface area contributed by atoms with Crippen molar-refractivity contribution in [3.8, 4) is 5.75 Å². The topological polar surface area (TPSA) is 58.6 Å². The maximum atomic E-state index is 10.8. The molecule has 0 aliphatic rings. The van der Waals surface area contributed by atoms with Gasteiger partial charge in [0.15, 0.2) is 0 Å². The van der Waals surface area contributed by atoms with Crippen LogP contribution in [0.15, 0.2) is 24.3 Å². The second-order valence-electron chi connectivity index (χ2n) is 4.32. The van der Waals surface area contributed by atoms with Gasteiger partial charge in [0.2, 0.25) is 0 Å². The van der Waals surface area contributed by atoms with Crippen LogP contribution in [0.5, 0.6) is 5.75 Å². The normalized spacial score (nSPS) is 12.1. The largest absolute Gasteiger partial charge is 0.492 e.